The van der Waals surface area contributed by atoms with E-state index in [1.54, 1.807) is 49.6 Å². The Labute approximate surface area is 163 Å². The minimum atomic E-state index is -0.340. The van der Waals surface area contributed by atoms with Crippen LogP contribution in [-0.2, 0) is 10.5 Å². The van der Waals surface area contributed by atoms with Crippen molar-refractivity contribution in [1.82, 2.24) is 10.2 Å². The maximum atomic E-state index is 13.6. The highest BCUT2D eigenvalue weighted by Crippen LogP contribution is 2.29. The Hall–Kier alpha value is -2.65. The fraction of sp³-hybridized carbons (Fsp3) is 0.167. The number of halogens is 1. The molecule has 9 heteroatoms. The third-order valence-electron chi connectivity index (χ3n) is 3.39. The number of amides is 1. The number of nitrogens with zero attached hydrogens (tertiary/aromatic N) is 2. The van der Waals surface area contributed by atoms with Gasteiger partial charge in [-0.2, -0.15) is 0 Å². The van der Waals surface area contributed by atoms with Crippen LogP contribution in [0.4, 0.5) is 9.52 Å². The number of carbonyl (C=O) groups is 1. The molecule has 1 aromatic heterocycles. The van der Waals surface area contributed by atoms with E-state index < -0.39 is 0 Å². The zero-order valence-electron chi connectivity index (χ0n) is 14.3. The van der Waals surface area contributed by atoms with Gasteiger partial charge in [0, 0.05) is 5.75 Å². The molecule has 140 valence electrons. The van der Waals surface area contributed by atoms with Crippen molar-refractivity contribution in [2.75, 3.05) is 19.0 Å². The molecule has 3 rings (SSSR count). The molecule has 1 N–H and O–H groups in total. The van der Waals surface area contributed by atoms with Gasteiger partial charge in [-0.05, 0) is 35.9 Å². The summed E-state index contributed by atoms with van der Waals surface area (Å²) in [5.74, 6) is 1.12. The Balaban J connectivity index is 1.46. The number of thioether (sulfide) groups is 1. The molecule has 0 radical (unpaired) electrons. The van der Waals surface area contributed by atoms with Crippen molar-refractivity contribution < 1.29 is 18.7 Å². The van der Waals surface area contributed by atoms with Gasteiger partial charge in [-0.3, -0.25) is 10.1 Å². The van der Waals surface area contributed by atoms with Crippen molar-refractivity contribution in [1.29, 1.82) is 0 Å². The van der Waals surface area contributed by atoms with Crippen LogP contribution in [-0.4, -0.2) is 29.8 Å². The number of hydrogen-bond acceptors (Lipinski definition) is 7. The summed E-state index contributed by atoms with van der Waals surface area (Å²) in [6.07, 6.45) is 0. The predicted molar refractivity (Wildman–Crippen MR) is 103 cm³/mol. The molecular weight excluding hydrogens is 389 g/mol. The number of aromatic nitrogens is 2. The van der Waals surface area contributed by atoms with Crippen LogP contribution in [0, 0.1) is 5.82 Å². The molecule has 27 heavy (non-hydrogen) atoms. The summed E-state index contributed by atoms with van der Waals surface area (Å²) in [4.78, 5) is 12.0. The van der Waals surface area contributed by atoms with Crippen molar-refractivity contribution in [2.45, 2.75) is 10.1 Å². The number of benzene rings is 2. The summed E-state index contributed by atoms with van der Waals surface area (Å²) in [7, 11) is 1.58. The maximum Gasteiger partial charge on any atom is 0.264 e. The minimum Gasteiger partial charge on any atom is -0.497 e. The standard InChI is InChI=1S/C18H16FN3O3S2/c1-24-13-6-8-14(9-7-13)25-10-16(23)20-17-21-22-18(27-17)26-11-12-4-2-3-5-15(12)19/h2-9H,10-11H2,1H3,(H,20,21,23). The minimum absolute atomic E-state index is 0.149. The second-order valence-electron chi connectivity index (χ2n) is 5.27. The third kappa shape index (κ3) is 5.66. The van der Waals surface area contributed by atoms with E-state index in [-0.39, 0.29) is 18.3 Å². The maximum absolute atomic E-state index is 13.6. The van der Waals surface area contributed by atoms with Crippen LogP contribution in [0.3, 0.4) is 0 Å². The quantitative estimate of drug-likeness (QED) is 0.451. The fourth-order valence-corrected chi connectivity index (χ4v) is 3.80. The molecule has 0 saturated carbocycles. The summed E-state index contributed by atoms with van der Waals surface area (Å²) in [6.45, 7) is -0.149. The van der Waals surface area contributed by atoms with Crippen molar-refractivity contribution >= 4 is 34.1 Å². The highest BCUT2D eigenvalue weighted by atomic mass is 32.2. The largest absolute Gasteiger partial charge is 0.497 e. The first-order valence-corrected chi connectivity index (χ1v) is 9.70. The zero-order valence-corrected chi connectivity index (χ0v) is 16.0. The van der Waals surface area contributed by atoms with Gasteiger partial charge < -0.3 is 9.47 Å². The van der Waals surface area contributed by atoms with E-state index in [0.717, 1.165) is 0 Å². The molecule has 0 unspecified atom stereocenters. The molecule has 0 aliphatic rings. The smallest absolute Gasteiger partial charge is 0.264 e. The summed E-state index contributed by atoms with van der Waals surface area (Å²) < 4.78 is 24.7. The van der Waals surface area contributed by atoms with Crippen LogP contribution in [0.2, 0.25) is 0 Å². The lowest BCUT2D eigenvalue weighted by molar-refractivity contribution is -0.118. The normalized spacial score (nSPS) is 10.4. The highest BCUT2D eigenvalue weighted by Gasteiger charge is 2.10. The van der Waals surface area contributed by atoms with Gasteiger partial charge in [-0.25, -0.2) is 4.39 Å². The Morgan fingerprint density at radius 2 is 1.89 bits per heavy atom. The number of rotatable bonds is 8. The lowest BCUT2D eigenvalue weighted by atomic mass is 10.2. The molecule has 0 aliphatic carbocycles. The first kappa shape index (κ1) is 19.1. The van der Waals surface area contributed by atoms with E-state index in [1.807, 2.05) is 0 Å². The van der Waals surface area contributed by atoms with Gasteiger partial charge in [-0.15, -0.1) is 10.2 Å². The van der Waals surface area contributed by atoms with Crippen LogP contribution in [0.25, 0.3) is 0 Å². The lowest BCUT2D eigenvalue weighted by Crippen LogP contribution is -2.20. The molecule has 0 atom stereocenters. The van der Waals surface area contributed by atoms with Crippen LogP contribution >= 0.6 is 23.1 Å². The SMILES string of the molecule is COc1ccc(OCC(=O)Nc2nnc(SCc3ccccc3F)s2)cc1. The van der Waals surface area contributed by atoms with E-state index in [1.165, 1.54) is 29.2 Å². The molecule has 3 aromatic rings. The number of methoxy groups -OCH3 is 1. The monoisotopic (exact) mass is 405 g/mol. The molecular formula is C18H16FN3O3S2. The Morgan fingerprint density at radius 1 is 1.15 bits per heavy atom. The predicted octanol–water partition coefficient (Wildman–Crippen LogP) is 4.00. The van der Waals surface area contributed by atoms with Gasteiger partial charge in [0.05, 0.1) is 7.11 Å². The van der Waals surface area contributed by atoms with Gasteiger partial charge in [0.25, 0.3) is 5.91 Å². The fourth-order valence-electron chi connectivity index (χ4n) is 2.05. The van der Waals surface area contributed by atoms with Crippen LogP contribution in [0.1, 0.15) is 5.56 Å². The topological polar surface area (TPSA) is 73.3 Å². The Morgan fingerprint density at radius 3 is 2.63 bits per heavy atom. The summed E-state index contributed by atoms with van der Waals surface area (Å²) in [5.41, 5.74) is 0.594. The molecule has 0 aliphatic heterocycles. The van der Waals surface area contributed by atoms with Crippen molar-refractivity contribution in [2.24, 2.45) is 0 Å². The molecule has 1 heterocycles. The van der Waals surface area contributed by atoms with Crippen molar-refractivity contribution in [3.05, 3.63) is 59.9 Å². The number of carbonyl (C=O) groups excluding carboxylic acids is 1. The number of anilines is 1. The van der Waals surface area contributed by atoms with Gasteiger partial charge in [0.2, 0.25) is 5.13 Å². The van der Waals surface area contributed by atoms with Crippen LogP contribution < -0.4 is 14.8 Å². The Bertz CT molecular complexity index is 903. The number of ether oxygens (including phenoxy) is 2. The van der Waals surface area contributed by atoms with Crippen LogP contribution in [0.15, 0.2) is 52.9 Å². The van der Waals surface area contributed by atoms with Gasteiger partial charge in [0.15, 0.2) is 10.9 Å². The highest BCUT2D eigenvalue weighted by molar-refractivity contribution is 8.00. The number of nitrogens with one attached hydrogen (secondary N) is 1. The molecule has 0 saturated heterocycles. The molecule has 0 spiro atoms. The van der Waals surface area contributed by atoms with E-state index in [0.29, 0.717) is 32.3 Å². The second kappa shape index (κ2) is 9.33. The lowest BCUT2D eigenvalue weighted by Gasteiger charge is -2.06. The Kier molecular flexibility index (Phi) is 6.61. The average molecular weight is 405 g/mol. The summed E-state index contributed by atoms with van der Waals surface area (Å²) >= 11 is 2.59. The summed E-state index contributed by atoms with van der Waals surface area (Å²) in [6, 6.07) is 13.5. The molecule has 2 aromatic carbocycles. The van der Waals surface area contributed by atoms with E-state index in [2.05, 4.69) is 15.5 Å². The second-order valence-corrected chi connectivity index (χ2v) is 7.47. The third-order valence-corrected chi connectivity index (χ3v) is 5.41. The molecule has 6 nitrogen and oxygen atoms in total. The zero-order chi connectivity index (χ0) is 19.1. The first-order valence-electron chi connectivity index (χ1n) is 7.90. The van der Waals surface area contributed by atoms with Crippen LogP contribution in [0.5, 0.6) is 11.5 Å². The average Bonchev–Trinajstić information content (AvgIpc) is 3.13. The van der Waals surface area contributed by atoms with E-state index >= 15 is 0 Å². The molecule has 0 fully saturated rings. The molecule has 1 amide bonds. The van der Waals surface area contributed by atoms with Gasteiger partial charge in [-0.1, -0.05) is 41.3 Å². The number of hydrogen-bond donors (Lipinski definition) is 1. The van der Waals surface area contributed by atoms with Crippen molar-refractivity contribution in [3.8, 4) is 11.5 Å². The van der Waals surface area contributed by atoms with Gasteiger partial charge >= 0.3 is 0 Å². The molecule has 0 bridgehead atoms. The van der Waals surface area contributed by atoms with E-state index in [4.69, 9.17) is 9.47 Å². The first-order chi connectivity index (χ1) is 13.1. The van der Waals surface area contributed by atoms with E-state index in [9.17, 15) is 9.18 Å². The van der Waals surface area contributed by atoms with Crippen molar-refractivity contribution in [3.63, 3.8) is 0 Å². The summed E-state index contributed by atoms with van der Waals surface area (Å²) in [5, 5.41) is 10.9. The van der Waals surface area contributed by atoms with Gasteiger partial charge in [0.1, 0.15) is 17.3 Å².